The lowest BCUT2D eigenvalue weighted by Crippen LogP contribution is -2.21. The van der Waals surface area contributed by atoms with E-state index in [2.05, 4.69) is 200 Å². The fourth-order valence-corrected chi connectivity index (χ4v) is 9.58. The summed E-state index contributed by atoms with van der Waals surface area (Å²) >= 11 is 0. The molecule has 0 aliphatic heterocycles. The van der Waals surface area contributed by atoms with Crippen molar-refractivity contribution in [3.63, 3.8) is 0 Å². The van der Waals surface area contributed by atoms with Crippen LogP contribution in [0.2, 0.25) is 0 Å². The monoisotopic (exact) mass is 751 g/mol. The van der Waals surface area contributed by atoms with E-state index in [0.29, 0.717) is 11.8 Å². The molecule has 0 saturated heterocycles. The number of hydrogen-bond acceptors (Lipinski definition) is 2. The van der Waals surface area contributed by atoms with Crippen molar-refractivity contribution >= 4 is 39.7 Å². The Labute approximate surface area is 343 Å². The largest absolute Gasteiger partial charge is 0.455 e. The van der Waals surface area contributed by atoms with Crippen LogP contribution in [0.4, 0.5) is 0 Å². The minimum absolute atomic E-state index is 0.301. The first-order chi connectivity index (χ1) is 29.2. The predicted molar refractivity (Wildman–Crippen MR) is 245 cm³/mol. The van der Waals surface area contributed by atoms with E-state index in [4.69, 9.17) is 9.40 Å². The molecule has 2 nitrogen and oxygen atoms in total. The third-order valence-electron chi connectivity index (χ3n) is 12.4. The zero-order valence-electron chi connectivity index (χ0n) is 32.2. The number of hydrogen-bond donors (Lipinski definition) is 0. The summed E-state index contributed by atoms with van der Waals surface area (Å²) in [6.45, 7) is 0. The van der Waals surface area contributed by atoms with Crippen molar-refractivity contribution in [2.24, 2.45) is 5.92 Å². The van der Waals surface area contributed by atoms with E-state index in [-0.39, 0.29) is 0 Å². The van der Waals surface area contributed by atoms with Gasteiger partial charge in [0, 0.05) is 39.3 Å². The molecule has 2 aromatic heterocycles. The summed E-state index contributed by atoms with van der Waals surface area (Å²) < 4.78 is 6.48. The lowest BCUT2D eigenvalue weighted by Gasteiger charge is -2.37. The summed E-state index contributed by atoms with van der Waals surface area (Å²) in [7, 11) is 0. The number of aromatic nitrogens is 1. The number of fused-ring (bicyclic) bond motifs is 3. The quantitative estimate of drug-likeness (QED) is 0.169. The van der Waals surface area contributed by atoms with Crippen LogP contribution in [0.1, 0.15) is 28.2 Å². The molecule has 2 unspecified atom stereocenters. The fourth-order valence-electron chi connectivity index (χ4n) is 9.58. The van der Waals surface area contributed by atoms with Crippen LogP contribution < -0.4 is 0 Å². The van der Waals surface area contributed by atoms with Gasteiger partial charge in [-0.15, -0.1) is 0 Å². The molecule has 9 aromatic rings. The number of allylic oxidation sites excluding steroid dienone is 6. The van der Waals surface area contributed by atoms with Gasteiger partial charge < -0.3 is 4.42 Å². The van der Waals surface area contributed by atoms with E-state index >= 15 is 0 Å². The molecule has 276 valence electrons. The van der Waals surface area contributed by atoms with Crippen LogP contribution in [0.5, 0.6) is 0 Å². The first-order valence-electron chi connectivity index (χ1n) is 20.4. The summed E-state index contributed by atoms with van der Waals surface area (Å²) in [5.41, 5.74) is 20.6. The molecule has 3 aliphatic rings. The Morgan fingerprint density at radius 3 is 1.85 bits per heavy atom. The standard InChI is InChI=1S/C57H37NO/c1-3-12-36(13-4-1)43-31-44(33-46(32-43)47-28-26-40-25-24-38-16-9-17-39-27-29-50(47)56(40)55(38)39)45-34-52(37-14-5-2-6-15-37)58-53(35-45)42-19-10-18-41(30-42)48-21-11-22-51-49-20-7-8-23-54(49)59-57(48)51/h1-35,40,56H. The number of para-hydroxylation sites is 2. The maximum Gasteiger partial charge on any atom is 0.143 e. The van der Waals surface area contributed by atoms with Crippen LogP contribution in [-0.4, -0.2) is 4.98 Å². The van der Waals surface area contributed by atoms with Gasteiger partial charge in [-0.1, -0.05) is 170 Å². The molecule has 0 saturated carbocycles. The maximum absolute atomic E-state index is 6.48. The van der Waals surface area contributed by atoms with Crippen molar-refractivity contribution in [3.8, 4) is 55.9 Å². The zero-order valence-corrected chi connectivity index (χ0v) is 32.2. The smallest absolute Gasteiger partial charge is 0.143 e. The Balaban J connectivity index is 1.04. The highest BCUT2D eigenvalue weighted by molar-refractivity contribution is 6.09. The highest BCUT2D eigenvalue weighted by Gasteiger charge is 2.34. The SMILES string of the molecule is C1=CC2C=Cc3cccc4c3C2C(=C1c1cc(-c2ccccc2)cc(-c2cc(-c3ccccc3)nc(-c3cccc(-c5cccc6c5oc5ccccc56)c3)c2)c1)C=C4. The van der Waals surface area contributed by atoms with Crippen molar-refractivity contribution in [1.82, 2.24) is 4.98 Å². The molecule has 0 amide bonds. The first-order valence-corrected chi connectivity index (χ1v) is 20.4. The molecular formula is C57H37NO. The Morgan fingerprint density at radius 2 is 1.00 bits per heavy atom. The van der Waals surface area contributed by atoms with Gasteiger partial charge in [-0.2, -0.15) is 0 Å². The molecule has 0 fully saturated rings. The maximum atomic E-state index is 6.48. The first kappa shape index (κ1) is 33.6. The van der Waals surface area contributed by atoms with Crippen LogP contribution in [0.25, 0.3) is 95.6 Å². The minimum Gasteiger partial charge on any atom is -0.455 e. The summed E-state index contributed by atoms with van der Waals surface area (Å²) in [5.74, 6) is 0.643. The van der Waals surface area contributed by atoms with E-state index in [9.17, 15) is 0 Å². The van der Waals surface area contributed by atoms with Gasteiger partial charge in [-0.25, -0.2) is 4.98 Å². The third-order valence-corrected chi connectivity index (χ3v) is 12.4. The van der Waals surface area contributed by atoms with Gasteiger partial charge in [0.1, 0.15) is 11.2 Å². The fraction of sp³-hybridized carbons (Fsp3) is 0.0351. The highest BCUT2D eigenvalue weighted by Crippen LogP contribution is 2.51. The summed E-state index contributed by atoms with van der Waals surface area (Å²) in [6, 6.07) is 63.1. The second kappa shape index (κ2) is 13.5. The van der Waals surface area contributed by atoms with E-state index in [1.807, 2.05) is 12.1 Å². The topological polar surface area (TPSA) is 26.0 Å². The molecule has 2 heteroatoms. The minimum atomic E-state index is 0.301. The molecule has 2 heterocycles. The molecule has 0 radical (unpaired) electrons. The van der Waals surface area contributed by atoms with E-state index in [1.54, 1.807) is 0 Å². The van der Waals surface area contributed by atoms with Crippen molar-refractivity contribution in [2.45, 2.75) is 5.92 Å². The number of furan rings is 1. The molecular weight excluding hydrogens is 715 g/mol. The molecule has 7 aromatic carbocycles. The van der Waals surface area contributed by atoms with Gasteiger partial charge >= 0.3 is 0 Å². The van der Waals surface area contributed by atoms with Crippen molar-refractivity contribution in [1.29, 1.82) is 0 Å². The second-order valence-electron chi connectivity index (χ2n) is 15.8. The van der Waals surface area contributed by atoms with Gasteiger partial charge in [-0.3, -0.25) is 0 Å². The van der Waals surface area contributed by atoms with Gasteiger partial charge in [0.15, 0.2) is 0 Å². The third kappa shape index (κ3) is 5.68. The second-order valence-corrected chi connectivity index (χ2v) is 15.8. The van der Waals surface area contributed by atoms with Crippen LogP contribution in [-0.2, 0) is 0 Å². The summed E-state index contributed by atoms with van der Waals surface area (Å²) in [5, 5.41) is 2.25. The molecule has 59 heavy (non-hydrogen) atoms. The average Bonchev–Trinajstić information content (AvgIpc) is 3.70. The van der Waals surface area contributed by atoms with Gasteiger partial charge in [0.2, 0.25) is 0 Å². The number of pyridine rings is 1. The van der Waals surface area contributed by atoms with Crippen LogP contribution >= 0.6 is 0 Å². The van der Waals surface area contributed by atoms with Crippen molar-refractivity contribution in [2.75, 3.05) is 0 Å². The zero-order chi connectivity index (χ0) is 38.9. The average molecular weight is 752 g/mol. The molecule has 0 spiro atoms. The van der Waals surface area contributed by atoms with Crippen molar-refractivity contribution < 1.29 is 4.42 Å². The predicted octanol–water partition coefficient (Wildman–Crippen LogP) is 15.1. The highest BCUT2D eigenvalue weighted by atomic mass is 16.3. The van der Waals surface area contributed by atoms with Crippen LogP contribution in [0, 0.1) is 5.92 Å². The molecule has 0 N–H and O–H groups in total. The van der Waals surface area contributed by atoms with E-state index in [0.717, 1.165) is 66.7 Å². The molecule has 3 aliphatic carbocycles. The summed E-state index contributed by atoms with van der Waals surface area (Å²) in [6.07, 6.45) is 14.1. The van der Waals surface area contributed by atoms with Crippen molar-refractivity contribution in [3.05, 3.63) is 228 Å². The molecule has 12 rings (SSSR count). The Morgan fingerprint density at radius 1 is 0.407 bits per heavy atom. The number of benzene rings is 7. The van der Waals surface area contributed by atoms with Gasteiger partial charge in [0.05, 0.1) is 11.4 Å². The number of rotatable bonds is 6. The van der Waals surface area contributed by atoms with Crippen LogP contribution in [0.15, 0.2) is 210 Å². The van der Waals surface area contributed by atoms with E-state index in [1.165, 1.54) is 44.5 Å². The normalized spacial score (nSPS) is 16.2. The lowest BCUT2D eigenvalue weighted by atomic mass is 9.67. The Hall–Kier alpha value is -7.55. The molecule has 2 atom stereocenters. The van der Waals surface area contributed by atoms with Crippen LogP contribution in [0.3, 0.4) is 0 Å². The van der Waals surface area contributed by atoms with Gasteiger partial charge in [-0.05, 0) is 104 Å². The van der Waals surface area contributed by atoms with Gasteiger partial charge in [0.25, 0.3) is 0 Å². The molecule has 0 bridgehead atoms. The lowest BCUT2D eigenvalue weighted by molar-refractivity contribution is 0.667. The van der Waals surface area contributed by atoms with E-state index < -0.39 is 0 Å². The summed E-state index contributed by atoms with van der Waals surface area (Å²) in [4.78, 5) is 5.36. The Bertz CT molecular complexity index is 3270. The number of nitrogens with zero attached hydrogens (tertiary/aromatic N) is 1. The Kier molecular flexibility index (Phi) is 7.71.